The Balaban J connectivity index is 1.84. The van der Waals surface area contributed by atoms with Gasteiger partial charge in [0, 0.05) is 48.5 Å². The summed E-state index contributed by atoms with van der Waals surface area (Å²) in [6.45, 7) is 7.21. The van der Waals surface area contributed by atoms with Crippen molar-refractivity contribution in [3.8, 4) is 0 Å². The van der Waals surface area contributed by atoms with E-state index < -0.39 is 0 Å². The number of carbonyl (C=O) groups excluding carboxylic acids is 1. The highest BCUT2D eigenvalue weighted by atomic mass is 16.5. The Hall–Kier alpha value is -2.18. The SMILES string of the molecule is COC(=O)Cc1c(C)nc2ccccc2c1NCCN1CCOCC1. The second-order valence-electron chi connectivity index (χ2n) is 6.20. The van der Waals surface area contributed by atoms with Crippen molar-refractivity contribution in [1.82, 2.24) is 9.88 Å². The van der Waals surface area contributed by atoms with E-state index in [1.807, 2.05) is 31.2 Å². The molecule has 1 N–H and O–H groups in total. The zero-order chi connectivity index (χ0) is 17.6. The highest BCUT2D eigenvalue weighted by molar-refractivity contribution is 5.95. The van der Waals surface area contributed by atoms with Crippen molar-refractivity contribution >= 4 is 22.6 Å². The zero-order valence-corrected chi connectivity index (χ0v) is 14.9. The molecule has 6 heteroatoms. The third kappa shape index (κ3) is 4.27. The molecule has 0 unspecified atom stereocenters. The number of anilines is 1. The minimum absolute atomic E-state index is 0.222. The Labute approximate surface area is 148 Å². The number of benzene rings is 1. The van der Waals surface area contributed by atoms with Gasteiger partial charge >= 0.3 is 5.97 Å². The average molecular weight is 343 g/mol. The van der Waals surface area contributed by atoms with Crippen molar-refractivity contribution in [1.29, 1.82) is 0 Å². The third-order valence-electron chi connectivity index (χ3n) is 4.58. The van der Waals surface area contributed by atoms with Gasteiger partial charge in [-0.25, -0.2) is 0 Å². The van der Waals surface area contributed by atoms with E-state index in [4.69, 9.17) is 9.47 Å². The maximum Gasteiger partial charge on any atom is 0.310 e. The number of para-hydroxylation sites is 1. The fourth-order valence-electron chi connectivity index (χ4n) is 3.17. The molecule has 0 saturated carbocycles. The first kappa shape index (κ1) is 17.6. The summed E-state index contributed by atoms with van der Waals surface area (Å²) in [7, 11) is 1.41. The second-order valence-corrected chi connectivity index (χ2v) is 6.20. The molecule has 0 amide bonds. The molecule has 1 saturated heterocycles. The fraction of sp³-hybridized carbons (Fsp3) is 0.474. The molecular weight excluding hydrogens is 318 g/mol. The smallest absolute Gasteiger partial charge is 0.310 e. The molecule has 6 nitrogen and oxygen atoms in total. The Morgan fingerprint density at radius 2 is 2.08 bits per heavy atom. The minimum Gasteiger partial charge on any atom is -0.469 e. The van der Waals surface area contributed by atoms with Gasteiger partial charge in [0.2, 0.25) is 0 Å². The van der Waals surface area contributed by atoms with Crippen molar-refractivity contribution in [2.45, 2.75) is 13.3 Å². The van der Waals surface area contributed by atoms with Crippen LogP contribution < -0.4 is 5.32 Å². The number of aryl methyl sites for hydroxylation is 1. The van der Waals surface area contributed by atoms with Gasteiger partial charge in [-0.15, -0.1) is 0 Å². The van der Waals surface area contributed by atoms with Gasteiger partial charge in [0.05, 0.1) is 32.3 Å². The Kier molecular flexibility index (Phi) is 5.83. The predicted octanol–water partition coefficient (Wildman–Crippen LogP) is 2.00. The number of hydrogen-bond acceptors (Lipinski definition) is 6. The molecular formula is C19H25N3O3. The number of methoxy groups -OCH3 is 1. The van der Waals surface area contributed by atoms with Crippen LogP contribution in [0.2, 0.25) is 0 Å². The maximum atomic E-state index is 11.8. The van der Waals surface area contributed by atoms with Gasteiger partial charge in [-0.1, -0.05) is 18.2 Å². The first-order valence-electron chi connectivity index (χ1n) is 8.68. The van der Waals surface area contributed by atoms with Crippen LogP contribution in [0.1, 0.15) is 11.3 Å². The van der Waals surface area contributed by atoms with Crippen molar-refractivity contribution in [2.24, 2.45) is 0 Å². The molecule has 0 bridgehead atoms. The van der Waals surface area contributed by atoms with E-state index in [2.05, 4.69) is 15.2 Å². The summed E-state index contributed by atoms with van der Waals surface area (Å²) in [5.74, 6) is -0.253. The van der Waals surface area contributed by atoms with Gasteiger partial charge in [0.15, 0.2) is 0 Å². The monoisotopic (exact) mass is 343 g/mol. The highest BCUT2D eigenvalue weighted by Gasteiger charge is 2.16. The van der Waals surface area contributed by atoms with Crippen molar-refractivity contribution in [3.63, 3.8) is 0 Å². The number of aromatic nitrogens is 1. The van der Waals surface area contributed by atoms with Crippen LogP contribution in [0.4, 0.5) is 5.69 Å². The first-order valence-corrected chi connectivity index (χ1v) is 8.68. The standard InChI is InChI=1S/C19H25N3O3/c1-14-16(13-18(23)24-2)19(15-5-3-4-6-17(15)21-14)20-7-8-22-9-11-25-12-10-22/h3-6H,7-13H2,1-2H3,(H,20,21). The Bertz CT molecular complexity index is 742. The number of nitrogens with zero attached hydrogens (tertiary/aromatic N) is 2. The fourth-order valence-corrected chi connectivity index (χ4v) is 3.17. The van der Waals surface area contributed by atoms with Crippen LogP contribution in [-0.2, 0) is 20.7 Å². The van der Waals surface area contributed by atoms with Crippen LogP contribution in [-0.4, -0.2) is 62.4 Å². The number of ether oxygens (including phenoxy) is 2. The zero-order valence-electron chi connectivity index (χ0n) is 14.9. The molecule has 1 aromatic carbocycles. The van der Waals surface area contributed by atoms with Gasteiger partial charge in [0.1, 0.15) is 0 Å². The van der Waals surface area contributed by atoms with Crippen LogP contribution >= 0.6 is 0 Å². The molecule has 1 aromatic heterocycles. The van der Waals surface area contributed by atoms with E-state index >= 15 is 0 Å². The summed E-state index contributed by atoms with van der Waals surface area (Å²) in [6.07, 6.45) is 0.222. The molecule has 2 heterocycles. The van der Waals surface area contributed by atoms with Crippen LogP contribution in [0, 0.1) is 6.92 Å². The molecule has 25 heavy (non-hydrogen) atoms. The molecule has 1 aliphatic rings. The van der Waals surface area contributed by atoms with Crippen LogP contribution in [0.5, 0.6) is 0 Å². The number of fused-ring (bicyclic) bond motifs is 1. The molecule has 134 valence electrons. The lowest BCUT2D eigenvalue weighted by Crippen LogP contribution is -2.39. The average Bonchev–Trinajstić information content (AvgIpc) is 2.64. The number of rotatable bonds is 6. The number of carbonyl (C=O) groups is 1. The number of morpholine rings is 1. The quantitative estimate of drug-likeness (QED) is 0.810. The highest BCUT2D eigenvalue weighted by Crippen LogP contribution is 2.29. The summed E-state index contributed by atoms with van der Waals surface area (Å²) >= 11 is 0. The van der Waals surface area contributed by atoms with E-state index in [0.29, 0.717) is 0 Å². The molecule has 1 fully saturated rings. The van der Waals surface area contributed by atoms with Crippen LogP contribution in [0.15, 0.2) is 24.3 Å². The van der Waals surface area contributed by atoms with Gasteiger partial charge in [-0.3, -0.25) is 14.7 Å². The topological polar surface area (TPSA) is 63.7 Å². The van der Waals surface area contributed by atoms with E-state index in [1.54, 1.807) is 0 Å². The van der Waals surface area contributed by atoms with Crippen molar-refractivity contribution in [3.05, 3.63) is 35.5 Å². The largest absolute Gasteiger partial charge is 0.469 e. The minimum atomic E-state index is -0.253. The number of hydrogen-bond donors (Lipinski definition) is 1. The number of pyridine rings is 1. The summed E-state index contributed by atoms with van der Waals surface area (Å²) in [5.41, 5.74) is 3.69. The lowest BCUT2D eigenvalue weighted by atomic mass is 10.0. The summed E-state index contributed by atoms with van der Waals surface area (Å²) in [5, 5.41) is 4.58. The van der Waals surface area contributed by atoms with Crippen LogP contribution in [0.3, 0.4) is 0 Å². The Morgan fingerprint density at radius 3 is 2.84 bits per heavy atom. The first-order chi connectivity index (χ1) is 12.2. The Morgan fingerprint density at radius 1 is 1.32 bits per heavy atom. The van der Waals surface area contributed by atoms with Gasteiger partial charge in [0.25, 0.3) is 0 Å². The second kappa shape index (κ2) is 8.27. The molecule has 0 radical (unpaired) electrons. The normalized spacial score (nSPS) is 15.3. The van der Waals surface area contributed by atoms with E-state index in [1.165, 1.54) is 7.11 Å². The molecule has 2 aromatic rings. The molecule has 1 aliphatic heterocycles. The van der Waals surface area contributed by atoms with E-state index in [-0.39, 0.29) is 12.4 Å². The summed E-state index contributed by atoms with van der Waals surface area (Å²) in [6, 6.07) is 8.01. The number of nitrogens with one attached hydrogen (secondary N) is 1. The third-order valence-corrected chi connectivity index (χ3v) is 4.58. The van der Waals surface area contributed by atoms with E-state index in [9.17, 15) is 4.79 Å². The predicted molar refractivity (Wildman–Crippen MR) is 97.9 cm³/mol. The molecule has 3 rings (SSSR count). The maximum absolute atomic E-state index is 11.8. The summed E-state index contributed by atoms with van der Waals surface area (Å²) < 4.78 is 10.3. The molecule has 0 spiro atoms. The number of esters is 1. The molecule has 0 aliphatic carbocycles. The van der Waals surface area contributed by atoms with Gasteiger partial charge in [-0.2, -0.15) is 0 Å². The lowest BCUT2D eigenvalue weighted by Gasteiger charge is -2.27. The van der Waals surface area contributed by atoms with Gasteiger partial charge < -0.3 is 14.8 Å². The van der Waals surface area contributed by atoms with Gasteiger partial charge in [-0.05, 0) is 13.0 Å². The van der Waals surface area contributed by atoms with E-state index in [0.717, 1.165) is 67.2 Å². The lowest BCUT2D eigenvalue weighted by molar-refractivity contribution is -0.139. The summed E-state index contributed by atoms with van der Waals surface area (Å²) in [4.78, 5) is 18.9. The van der Waals surface area contributed by atoms with Crippen molar-refractivity contribution < 1.29 is 14.3 Å². The van der Waals surface area contributed by atoms with Crippen LogP contribution in [0.25, 0.3) is 10.9 Å². The van der Waals surface area contributed by atoms with Crippen molar-refractivity contribution in [2.75, 3.05) is 51.8 Å². The molecule has 0 atom stereocenters.